The normalized spacial score (nSPS) is 12.1. The van der Waals surface area contributed by atoms with Gasteiger partial charge in [-0.15, -0.1) is 0 Å². The SMILES string of the molecule is CCCCCCCC/C=C\CCCCCCCC(=O)[N+](CC)(CC)CCN. The van der Waals surface area contributed by atoms with Gasteiger partial charge in [0.15, 0.2) is 0 Å². The maximum Gasteiger partial charge on any atom is 0.313 e. The van der Waals surface area contributed by atoms with E-state index < -0.39 is 0 Å². The lowest BCUT2D eigenvalue weighted by molar-refractivity contribution is -0.849. The summed E-state index contributed by atoms with van der Waals surface area (Å²) < 4.78 is 0.569. The number of nitrogens with two attached hydrogens (primary N) is 1. The van der Waals surface area contributed by atoms with Gasteiger partial charge < -0.3 is 5.73 Å². The quantitative estimate of drug-likeness (QED) is 0.160. The topological polar surface area (TPSA) is 43.1 Å². The van der Waals surface area contributed by atoms with Gasteiger partial charge in [0, 0.05) is 6.54 Å². The Hall–Kier alpha value is -0.670. The number of nitrogens with zero attached hydrogens (tertiary/aromatic N) is 1. The van der Waals surface area contributed by atoms with Crippen molar-refractivity contribution in [3.8, 4) is 0 Å². The summed E-state index contributed by atoms with van der Waals surface area (Å²) in [6.45, 7) is 9.62. The minimum atomic E-state index is 0.392. The molecule has 0 aromatic rings. The number of unbranched alkanes of at least 4 members (excludes halogenated alkanes) is 11. The molecule has 160 valence electrons. The molecule has 0 unspecified atom stereocenters. The summed E-state index contributed by atoms with van der Waals surface area (Å²) in [6, 6.07) is 0. The highest BCUT2D eigenvalue weighted by Gasteiger charge is 2.31. The third-order valence-electron chi connectivity index (χ3n) is 5.95. The molecule has 0 fully saturated rings. The van der Waals surface area contributed by atoms with Gasteiger partial charge in [-0.2, -0.15) is 0 Å². The molecule has 2 N–H and O–H groups in total. The van der Waals surface area contributed by atoms with Crippen molar-refractivity contribution in [2.24, 2.45) is 5.73 Å². The molecule has 0 rings (SSSR count). The van der Waals surface area contributed by atoms with E-state index in [-0.39, 0.29) is 0 Å². The smallest absolute Gasteiger partial charge is 0.313 e. The summed E-state index contributed by atoms with van der Waals surface area (Å²) in [4.78, 5) is 12.6. The van der Waals surface area contributed by atoms with E-state index in [0.29, 0.717) is 16.9 Å². The van der Waals surface area contributed by atoms with Crippen molar-refractivity contribution in [3.05, 3.63) is 12.2 Å². The Morgan fingerprint density at radius 1 is 0.741 bits per heavy atom. The van der Waals surface area contributed by atoms with Crippen molar-refractivity contribution in [2.75, 3.05) is 26.2 Å². The molecule has 0 aliphatic rings. The molecule has 0 saturated heterocycles. The standard InChI is InChI=1S/C24H49N2O/c1-4-7-8-9-10-11-12-13-14-15-16-17-18-19-20-21-24(27)26(5-2,6-3)23-22-25/h13-14H,4-12,15-23,25H2,1-3H3/q+1/b14-13-. The van der Waals surface area contributed by atoms with Crippen molar-refractivity contribution in [1.82, 2.24) is 0 Å². The molecule has 3 heteroatoms. The molecule has 0 saturated carbocycles. The van der Waals surface area contributed by atoms with Crippen LogP contribution in [0, 0.1) is 0 Å². The van der Waals surface area contributed by atoms with Gasteiger partial charge in [0.2, 0.25) is 0 Å². The molecule has 0 aliphatic heterocycles. The minimum absolute atomic E-state index is 0.392. The van der Waals surface area contributed by atoms with Crippen molar-refractivity contribution in [3.63, 3.8) is 0 Å². The minimum Gasteiger partial charge on any atom is -0.326 e. The lowest BCUT2D eigenvalue weighted by atomic mass is 10.1. The second kappa shape index (κ2) is 18.7. The summed E-state index contributed by atoms with van der Waals surface area (Å²) in [5, 5.41) is 0. The lowest BCUT2D eigenvalue weighted by Gasteiger charge is -2.33. The number of quaternary nitrogens is 1. The van der Waals surface area contributed by atoms with Crippen LogP contribution in [0.2, 0.25) is 0 Å². The van der Waals surface area contributed by atoms with Gasteiger partial charge in [-0.1, -0.05) is 70.4 Å². The van der Waals surface area contributed by atoms with Gasteiger partial charge in [0.1, 0.15) is 0 Å². The van der Waals surface area contributed by atoms with Crippen LogP contribution in [0.15, 0.2) is 12.2 Å². The van der Waals surface area contributed by atoms with Crippen molar-refractivity contribution >= 4 is 5.91 Å². The average Bonchev–Trinajstić information content (AvgIpc) is 2.69. The summed E-state index contributed by atoms with van der Waals surface area (Å²) in [5.74, 6) is 0.392. The van der Waals surface area contributed by atoms with Crippen molar-refractivity contribution in [2.45, 2.75) is 111 Å². The number of rotatable bonds is 19. The monoisotopic (exact) mass is 381 g/mol. The maximum absolute atomic E-state index is 12.6. The van der Waals surface area contributed by atoms with Gasteiger partial charge in [-0.25, -0.2) is 4.79 Å². The lowest BCUT2D eigenvalue weighted by Crippen LogP contribution is -2.54. The average molecular weight is 382 g/mol. The van der Waals surface area contributed by atoms with Crippen molar-refractivity contribution in [1.29, 1.82) is 0 Å². The molecule has 0 atom stereocenters. The molecule has 1 amide bonds. The molecule has 0 spiro atoms. The van der Waals surface area contributed by atoms with Crippen LogP contribution in [-0.2, 0) is 4.79 Å². The van der Waals surface area contributed by atoms with E-state index in [9.17, 15) is 4.79 Å². The van der Waals surface area contributed by atoms with Crippen LogP contribution in [0.1, 0.15) is 111 Å². The van der Waals surface area contributed by atoms with E-state index in [4.69, 9.17) is 5.73 Å². The first kappa shape index (κ1) is 26.3. The van der Waals surface area contributed by atoms with E-state index in [0.717, 1.165) is 32.5 Å². The number of likely N-dealkylation sites (N-methyl/N-ethyl adjacent to an activating group) is 1. The number of allylic oxidation sites excluding steroid dienone is 2. The zero-order chi connectivity index (χ0) is 20.2. The van der Waals surface area contributed by atoms with Gasteiger partial charge >= 0.3 is 5.91 Å². The Kier molecular flexibility index (Phi) is 18.2. The van der Waals surface area contributed by atoms with Gasteiger partial charge in [-0.05, 0) is 46.0 Å². The second-order valence-corrected chi connectivity index (χ2v) is 8.02. The zero-order valence-corrected chi connectivity index (χ0v) is 18.8. The Bertz CT molecular complexity index is 361. The van der Waals surface area contributed by atoms with Crippen LogP contribution in [-0.4, -0.2) is 36.6 Å². The third kappa shape index (κ3) is 13.2. The first-order valence-electron chi connectivity index (χ1n) is 11.9. The fourth-order valence-electron chi connectivity index (χ4n) is 3.85. The van der Waals surface area contributed by atoms with Crippen LogP contribution in [0.4, 0.5) is 0 Å². The Morgan fingerprint density at radius 2 is 1.22 bits per heavy atom. The number of hydrogen-bond acceptors (Lipinski definition) is 2. The van der Waals surface area contributed by atoms with Gasteiger partial charge in [0.25, 0.3) is 0 Å². The fraction of sp³-hybridized carbons (Fsp3) is 0.875. The number of hydrogen-bond donors (Lipinski definition) is 1. The zero-order valence-electron chi connectivity index (χ0n) is 18.8. The molecular formula is C24H49N2O+. The predicted molar refractivity (Wildman–Crippen MR) is 120 cm³/mol. The van der Waals surface area contributed by atoms with Crippen LogP contribution in [0.5, 0.6) is 0 Å². The molecule has 0 aromatic heterocycles. The fourth-order valence-corrected chi connectivity index (χ4v) is 3.85. The van der Waals surface area contributed by atoms with Crippen molar-refractivity contribution < 1.29 is 9.28 Å². The number of amides is 1. The molecule has 0 aliphatic carbocycles. The highest BCUT2D eigenvalue weighted by Crippen LogP contribution is 2.14. The highest BCUT2D eigenvalue weighted by molar-refractivity contribution is 5.69. The van der Waals surface area contributed by atoms with Crippen LogP contribution in [0.3, 0.4) is 0 Å². The van der Waals surface area contributed by atoms with E-state index >= 15 is 0 Å². The second-order valence-electron chi connectivity index (χ2n) is 8.02. The summed E-state index contributed by atoms with van der Waals surface area (Å²) in [5.41, 5.74) is 5.72. The Morgan fingerprint density at radius 3 is 1.70 bits per heavy atom. The molecule has 0 bridgehead atoms. The molecule has 0 aromatic carbocycles. The van der Waals surface area contributed by atoms with E-state index in [1.54, 1.807) is 0 Å². The third-order valence-corrected chi connectivity index (χ3v) is 5.95. The molecule has 27 heavy (non-hydrogen) atoms. The van der Waals surface area contributed by atoms with E-state index in [1.807, 2.05) is 0 Å². The largest absolute Gasteiger partial charge is 0.326 e. The number of carbonyl (C=O) groups excluding carboxylic acids is 1. The number of carbonyl (C=O) groups is 1. The molecule has 0 radical (unpaired) electrons. The first-order chi connectivity index (χ1) is 13.2. The summed E-state index contributed by atoms with van der Waals surface area (Å²) in [7, 11) is 0. The first-order valence-corrected chi connectivity index (χ1v) is 11.9. The Balaban J connectivity index is 3.56. The van der Waals surface area contributed by atoms with Gasteiger partial charge in [-0.3, -0.25) is 4.48 Å². The van der Waals surface area contributed by atoms with Crippen LogP contribution >= 0.6 is 0 Å². The van der Waals surface area contributed by atoms with Crippen LogP contribution < -0.4 is 5.73 Å². The van der Waals surface area contributed by atoms with Gasteiger partial charge in [0.05, 0.1) is 26.1 Å². The summed E-state index contributed by atoms with van der Waals surface area (Å²) >= 11 is 0. The summed E-state index contributed by atoms with van der Waals surface area (Å²) in [6.07, 6.45) is 22.3. The van der Waals surface area contributed by atoms with E-state index in [2.05, 4.69) is 32.9 Å². The van der Waals surface area contributed by atoms with Crippen LogP contribution in [0.25, 0.3) is 0 Å². The van der Waals surface area contributed by atoms with E-state index in [1.165, 1.54) is 77.0 Å². The maximum atomic E-state index is 12.6. The Labute approximate surface area is 170 Å². The molecular weight excluding hydrogens is 332 g/mol. The molecule has 0 heterocycles. The highest BCUT2D eigenvalue weighted by atomic mass is 16.2. The molecule has 3 nitrogen and oxygen atoms in total. The predicted octanol–water partition coefficient (Wildman–Crippen LogP) is 6.37.